The molecule has 0 saturated carbocycles. The largest absolute Gasteiger partial charge is 0.380 e. The molecular weight excluding hydrogens is 304 g/mol. The Morgan fingerprint density at radius 1 is 1.00 bits per heavy atom. The van der Waals surface area contributed by atoms with Gasteiger partial charge in [-0.05, 0) is 16.7 Å². The Balaban J connectivity index is 1.79. The van der Waals surface area contributed by atoms with Gasteiger partial charge >= 0.3 is 6.03 Å². The quantitative estimate of drug-likeness (QED) is 0.783. The standard InChI is InChI=1S/C19H24N2O3/c1-23-14-16-8-6-7-15(11-16)12-20-19(22)21-13-18(24-2)17-9-4-3-5-10-17/h3-11,18H,12-14H2,1-2H3,(H2,20,21,22). The van der Waals surface area contributed by atoms with Gasteiger partial charge in [0.2, 0.25) is 0 Å². The molecular formula is C19H24N2O3. The zero-order chi connectivity index (χ0) is 17.2. The van der Waals surface area contributed by atoms with Gasteiger partial charge in [0.1, 0.15) is 0 Å². The average Bonchev–Trinajstić information content (AvgIpc) is 2.62. The molecule has 1 atom stereocenters. The molecule has 2 rings (SSSR count). The number of benzene rings is 2. The summed E-state index contributed by atoms with van der Waals surface area (Å²) in [5.74, 6) is 0. The van der Waals surface area contributed by atoms with Gasteiger partial charge in [-0.15, -0.1) is 0 Å². The second-order valence-electron chi connectivity index (χ2n) is 5.45. The van der Waals surface area contributed by atoms with Gasteiger partial charge in [0.25, 0.3) is 0 Å². The van der Waals surface area contributed by atoms with Crippen molar-refractivity contribution in [2.24, 2.45) is 0 Å². The van der Waals surface area contributed by atoms with Crippen molar-refractivity contribution in [2.45, 2.75) is 19.3 Å². The minimum Gasteiger partial charge on any atom is -0.380 e. The van der Waals surface area contributed by atoms with Crippen LogP contribution in [0.1, 0.15) is 22.8 Å². The van der Waals surface area contributed by atoms with Crippen molar-refractivity contribution in [3.05, 3.63) is 71.3 Å². The lowest BCUT2D eigenvalue weighted by molar-refractivity contribution is 0.104. The molecule has 2 amide bonds. The van der Waals surface area contributed by atoms with E-state index in [-0.39, 0.29) is 12.1 Å². The Morgan fingerprint density at radius 3 is 2.46 bits per heavy atom. The molecule has 2 aromatic rings. The third kappa shape index (κ3) is 5.68. The first-order valence-corrected chi connectivity index (χ1v) is 7.89. The van der Waals surface area contributed by atoms with Crippen LogP contribution < -0.4 is 10.6 Å². The van der Waals surface area contributed by atoms with Crippen molar-refractivity contribution in [2.75, 3.05) is 20.8 Å². The van der Waals surface area contributed by atoms with E-state index in [1.54, 1.807) is 14.2 Å². The van der Waals surface area contributed by atoms with Crippen LogP contribution in [-0.4, -0.2) is 26.8 Å². The molecule has 0 aliphatic rings. The summed E-state index contributed by atoms with van der Waals surface area (Å²) >= 11 is 0. The molecule has 2 N–H and O–H groups in total. The molecule has 1 unspecified atom stereocenters. The molecule has 0 bridgehead atoms. The summed E-state index contributed by atoms with van der Waals surface area (Å²) in [4.78, 5) is 12.0. The van der Waals surface area contributed by atoms with Crippen LogP contribution in [0.4, 0.5) is 4.79 Å². The molecule has 2 aromatic carbocycles. The van der Waals surface area contributed by atoms with Crippen LogP contribution in [0.2, 0.25) is 0 Å². The average molecular weight is 328 g/mol. The lowest BCUT2D eigenvalue weighted by Crippen LogP contribution is -2.37. The number of nitrogens with one attached hydrogen (secondary N) is 2. The van der Waals surface area contributed by atoms with Gasteiger partial charge in [-0.1, -0.05) is 54.6 Å². The number of carbonyl (C=O) groups excluding carboxylic acids is 1. The number of urea groups is 1. The molecule has 0 spiro atoms. The predicted octanol–water partition coefficient (Wildman–Crippen LogP) is 3.02. The highest BCUT2D eigenvalue weighted by molar-refractivity contribution is 5.73. The molecule has 128 valence electrons. The highest BCUT2D eigenvalue weighted by atomic mass is 16.5. The zero-order valence-electron chi connectivity index (χ0n) is 14.1. The summed E-state index contributed by atoms with van der Waals surface area (Å²) < 4.78 is 10.5. The number of methoxy groups -OCH3 is 2. The molecule has 0 aromatic heterocycles. The maximum absolute atomic E-state index is 12.0. The van der Waals surface area contributed by atoms with Crippen molar-refractivity contribution in [3.8, 4) is 0 Å². The summed E-state index contributed by atoms with van der Waals surface area (Å²) in [5, 5.41) is 5.70. The first kappa shape index (κ1) is 18.0. The molecule has 0 saturated heterocycles. The summed E-state index contributed by atoms with van der Waals surface area (Å²) in [6.07, 6.45) is -0.165. The number of ether oxygens (including phenoxy) is 2. The second kappa shape index (κ2) is 9.70. The van der Waals surface area contributed by atoms with Crippen molar-refractivity contribution in [1.29, 1.82) is 0 Å². The van der Waals surface area contributed by atoms with Crippen molar-refractivity contribution in [1.82, 2.24) is 10.6 Å². The van der Waals surface area contributed by atoms with E-state index in [9.17, 15) is 4.79 Å². The van der Waals surface area contributed by atoms with E-state index in [2.05, 4.69) is 10.6 Å². The SMILES string of the molecule is COCc1cccc(CNC(=O)NCC(OC)c2ccccc2)c1. The maximum atomic E-state index is 12.0. The summed E-state index contributed by atoms with van der Waals surface area (Å²) in [6.45, 7) is 1.44. The van der Waals surface area contributed by atoms with E-state index < -0.39 is 0 Å². The van der Waals surface area contributed by atoms with Crippen LogP contribution in [0.25, 0.3) is 0 Å². The normalized spacial score (nSPS) is 11.8. The molecule has 5 heteroatoms. The fourth-order valence-corrected chi connectivity index (χ4v) is 2.43. The van der Waals surface area contributed by atoms with Crippen LogP contribution >= 0.6 is 0 Å². The first-order chi connectivity index (χ1) is 11.7. The van der Waals surface area contributed by atoms with Gasteiger partial charge < -0.3 is 20.1 Å². The van der Waals surface area contributed by atoms with Gasteiger partial charge in [-0.2, -0.15) is 0 Å². The van der Waals surface area contributed by atoms with E-state index in [4.69, 9.17) is 9.47 Å². The van der Waals surface area contributed by atoms with E-state index in [0.29, 0.717) is 19.7 Å². The summed E-state index contributed by atoms with van der Waals surface area (Å²) in [5.41, 5.74) is 3.15. The molecule has 5 nitrogen and oxygen atoms in total. The number of hydrogen-bond acceptors (Lipinski definition) is 3. The first-order valence-electron chi connectivity index (χ1n) is 7.89. The molecule has 0 aliphatic carbocycles. The van der Waals surface area contributed by atoms with Gasteiger partial charge in [-0.3, -0.25) is 0 Å². The van der Waals surface area contributed by atoms with Gasteiger partial charge in [0, 0.05) is 27.3 Å². The number of hydrogen-bond donors (Lipinski definition) is 2. The number of carbonyl (C=O) groups is 1. The highest BCUT2D eigenvalue weighted by Crippen LogP contribution is 2.14. The zero-order valence-corrected chi connectivity index (χ0v) is 14.1. The fraction of sp³-hybridized carbons (Fsp3) is 0.316. The smallest absolute Gasteiger partial charge is 0.315 e. The Morgan fingerprint density at radius 2 is 1.75 bits per heavy atom. The van der Waals surface area contributed by atoms with E-state index in [1.165, 1.54) is 0 Å². The Hall–Kier alpha value is -2.37. The van der Waals surface area contributed by atoms with Crippen LogP contribution in [0.5, 0.6) is 0 Å². The van der Waals surface area contributed by atoms with E-state index >= 15 is 0 Å². The maximum Gasteiger partial charge on any atom is 0.315 e. The van der Waals surface area contributed by atoms with Gasteiger partial charge in [-0.25, -0.2) is 4.79 Å². The Bertz CT molecular complexity index is 632. The van der Waals surface area contributed by atoms with Crippen LogP contribution in [0, 0.1) is 0 Å². The van der Waals surface area contributed by atoms with Crippen molar-refractivity contribution < 1.29 is 14.3 Å². The molecule has 0 heterocycles. The van der Waals surface area contributed by atoms with E-state index in [1.807, 2.05) is 54.6 Å². The lowest BCUT2D eigenvalue weighted by Gasteiger charge is -2.17. The van der Waals surface area contributed by atoms with Crippen LogP contribution in [0.15, 0.2) is 54.6 Å². The summed E-state index contributed by atoms with van der Waals surface area (Å²) in [6, 6.07) is 17.6. The molecule has 0 radical (unpaired) electrons. The highest BCUT2D eigenvalue weighted by Gasteiger charge is 2.11. The monoisotopic (exact) mass is 328 g/mol. The fourth-order valence-electron chi connectivity index (χ4n) is 2.43. The minimum absolute atomic E-state index is 0.165. The van der Waals surface area contributed by atoms with Crippen molar-refractivity contribution in [3.63, 3.8) is 0 Å². The van der Waals surface area contributed by atoms with Crippen LogP contribution in [-0.2, 0) is 22.6 Å². The Kier molecular flexibility index (Phi) is 7.26. The number of rotatable bonds is 8. The van der Waals surface area contributed by atoms with Gasteiger partial charge in [0.15, 0.2) is 0 Å². The topological polar surface area (TPSA) is 59.6 Å². The number of amides is 2. The van der Waals surface area contributed by atoms with E-state index in [0.717, 1.165) is 16.7 Å². The van der Waals surface area contributed by atoms with Crippen LogP contribution in [0.3, 0.4) is 0 Å². The van der Waals surface area contributed by atoms with Gasteiger partial charge in [0.05, 0.1) is 12.7 Å². The lowest BCUT2D eigenvalue weighted by atomic mass is 10.1. The molecule has 0 fully saturated rings. The second-order valence-corrected chi connectivity index (χ2v) is 5.45. The molecule has 0 aliphatic heterocycles. The molecule has 24 heavy (non-hydrogen) atoms. The minimum atomic E-state index is -0.217. The predicted molar refractivity (Wildman–Crippen MR) is 93.6 cm³/mol. The third-order valence-electron chi connectivity index (χ3n) is 3.66. The van der Waals surface area contributed by atoms with Crippen molar-refractivity contribution >= 4 is 6.03 Å². The summed E-state index contributed by atoms with van der Waals surface area (Å²) in [7, 11) is 3.30. The Labute approximate surface area is 143 Å². The third-order valence-corrected chi connectivity index (χ3v) is 3.66.